The molecule has 1 N–H and O–H groups in total. The third kappa shape index (κ3) is 4.81. The number of methoxy groups -OCH3 is 1. The molecule has 0 spiro atoms. The summed E-state index contributed by atoms with van der Waals surface area (Å²) in [5.74, 6) is 2.03. The fourth-order valence-electron chi connectivity index (χ4n) is 7.43. The van der Waals surface area contributed by atoms with Gasteiger partial charge in [0.25, 0.3) is 0 Å². The van der Waals surface area contributed by atoms with Crippen molar-refractivity contribution in [1.29, 1.82) is 0 Å². The fraction of sp³-hybridized carbons (Fsp3) is 0.441. The third-order valence-electron chi connectivity index (χ3n) is 9.53. The van der Waals surface area contributed by atoms with Crippen LogP contribution in [0.1, 0.15) is 52.5 Å². The molecule has 0 radical (unpaired) electrons. The highest BCUT2D eigenvalue weighted by atomic mass is 31.0. The summed E-state index contributed by atoms with van der Waals surface area (Å²) in [5, 5.41) is 8.70. The van der Waals surface area contributed by atoms with Gasteiger partial charge >= 0.3 is 5.97 Å². The Morgan fingerprint density at radius 1 is 1.05 bits per heavy atom. The molecule has 8 heteroatoms. The standard InChI is InChI=1S/C34H37O7P/c1-18-9-23(41-30-17-39-33-29(37-3)16-40-34(30,33)42)10-19(2)32(18)21-6-4-5-20(11-21)15-38-22-7-8-24-25(12-22)26-13-27(26)28(24)14-31(35)36/h4-12,26-30,33H,13-17,42H2,1-3H3,(H,35,36)/t26?,27?,28?,29-,30+,33+,34-/m1/s1. The van der Waals surface area contributed by atoms with E-state index in [1.807, 2.05) is 6.07 Å². The maximum atomic E-state index is 11.3. The van der Waals surface area contributed by atoms with Gasteiger partial charge in [0.2, 0.25) is 0 Å². The lowest BCUT2D eigenvalue weighted by molar-refractivity contribution is -0.137. The van der Waals surface area contributed by atoms with Crippen molar-refractivity contribution in [2.24, 2.45) is 5.92 Å². The molecule has 2 saturated heterocycles. The molecule has 1 saturated carbocycles. The van der Waals surface area contributed by atoms with Gasteiger partial charge in [-0.05, 0) is 107 Å². The zero-order valence-corrected chi connectivity index (χ0v) is 25.3. The minimum Gasteiger partial charge on any atom is -0.489 e. The van der Waals surface area contributed by atoms with Crippen molar-refractivity contribution in [1.82, 2.24) is 0 Å². The van der Waals surface area contributed by atoms with Crippen LogP contribution in [0.2, 0.25) is 0 Å². The Balaban J connectivity index is 1.04. The molecule has 7 rings (SSSR count). The monoisotopic (exact) mass is 588 g/mol. The minimum atomic E-state index is -0.722. The van der Waals surface area contributed by atoms with E-state index in [-0.39, 0.29) is 30.7 Å². The summed E-state index contributed by atoms with van der Waals surface area (Å²) in [7, 11) is 4.49. The van der Waals surface area contributed by atoms with Gasteiger partial charge in [-0.25, -0.2) is 0 Å². The number of rotatable bonds is 9. The smallest absolute Gasteiger partial charge is 0.303 e. The zero-order valence-electron chi connectivity index (χ0n) is 24.2. The molecule has 2 aliphatic carbocycles. The minimum absolute atomic E-state index is 0.0948. The topological polar surface area (TPSA) is 83.5 Å². The molecule has 0 amide bonds. The van der Waals surface area contributed by atoms with Gasteiger partial charge in [-0.1, -0.05) is 33.5 Å². The van der Waals surface area contributed by atoms with Crippen molar-refractivity contribution in [3.05, 3.63) is 82.4 Å². The first-order valence-electron chi connectivity index (χ1n) is 14.7. The van der Waals surface area contributed by atoms with Gasteiger partial charge in [0.15, 0.2) is 6.10 Å². The van der Waals surface area contributed by atoms with Crippen LogP contribution in [-0.2, 0) is 25.6 Å². The van der Waals surface area contributed by atoms with Gasteiger partial charge in [-0.3, -0.25) is 4.79 Å². The fourth-order valence-corrected chi connectivity index (χ4v) is 8.00. The number of benzene rings is 3. The van der Waals surface area contributed by atoms with Crippen molar-refractivity contribution in [3.63, 3.8) is 0 Å². The molecular formula is C34H37O7P. The quantitative estimate of drug-likeness (QED) is 0.308. The molecule has 42 heavy (non-hydrogen) atoms. The van der Waals surface area contributed by atoms with E-state index in [1.54, 1.807) is 7.11 Å². The van der Waals surface area contributed by atoms with Crippen molar-refractivity contribution < 1.29 is 33.6 Å². The maximum Gasteiger partial charge on any atom is 0.303 e. The van der Waals surface area contributed by atoms with Crippen molar-refractivity contribution in [2.45, 2.75) is 68.8 Å². The van der Waals surface area contributed by atoms with Gasteiger partial charge < -0.3 is 28.8 Å². The van der Waals surface area contributed by atoms with E-state index in [0.29, 0.717) is 31.7 Å². The van der Waals surface area contributed by atoms with Crippen LogP contribution in [0.5, 0.6) is 11.5 Å². The summed E-state index contributed by atoms with van der Waals surface area (Å²) in [6.07, 6.45) is 0.798. The van der Waals surface area contributed by atoms with Gasteiger partial charge in [-0.2, -0.15) is 0 Å². The number of fused-ring (bicyclic) bond motifs is 4. The second-order valence-corrected chi connectivity index (χ2v) is 13.1. The van der Waals surface area contributed by atoms with E-state index in [1.165, 1.54) is 16.7 Å². The van der Waals surface area contributed by atoms with Crippen LogP contribution >= 0.6 is 9.24 Å². The number of carbonyl (C=O) groups is 1. The highest BCUT2D eigenvalue weighted by Gasteiger charge is 2.59. The Morgan fingerprint density at radius 2 is 1.86 bits per heavy atom. The maximum absolute atomic E-state index is 11.3. The Morgan fingerprint density at radius 3 is 2.62 bits per heavy atom. The van der Waals surface area contributed by atoms with Crippen LogP contribution in [0.25, 0.3) is 11.1 Å². The summed E-state index contributed by atoms with van der Waals surface area (Å²) in [4.78, 5) is 11.3. The summed E-state index contributed by atoms with van der Waals surface area (Å²) in [5.41, 5.74) is 8.14. The van der Waals surface area contributed by atoms with Gasteiger partial charge in [0.05, 0.1) is 19.6 Å². The average molecular weight is 589 g/mol. The van der Waals surface area contributed by atoms with Crippen molar-refractivity contribution in [3.8, 4) is 22.6 Å². The number of carboxylic acid groups (broad SMARTS) is 1. The van der Waals surface area contributed by atoms with Gasteiger partial charge in [0.1, 0.15) is 35.7 Å². The summed E-state index contributed by atoms with van der Waals surface area (Å²) in [6, 6.07) is 18.8. The molecule has 8 atom stereocenters. The number of aryl methyl sites for hydroxylation is 2. The van der Waals surface area contributed by atoms with Crippen LogP contribution < -0.4 is 9.47 Å². The second-order valence-electron chi connectivity index (χ2n) is 12.2. The van der Waals surface area contributed by atoms with Crippen molar-refractivity contribution >= 4 is 15.2 Å². The molecular weight excluding hydrogens is 551 g/mol. The summed E-state index contributed by atoms with van der Waals surface area (Å²) < 4.78 is 30.3. The highest BCUT2D eigenvalue weighted by Crippen LogP contribution is 2.64. The Bertz CT molecular complexity index is 1520. The summed E-state index contributed by atoms with van der Waals surface area (Å²) >= 11 is 0. The van der Waals surface area contributed by atoms with Crippen molar-refractivity contribution in [2.75, 3.05) is 20.3 Å². The Kier molecular flexibility index (Phi) is 7.05. The lowest BCUT2D eigenvalue weighted by Gasteiger charge is -2.29. The average Bonchev–Trinajstić information content (AvgIpc) is 3.49. The van der Waals surface area contributed by atoms with E-state index in [9.17, 15) is 9.90 Å². The van der Waals surface area contributed by atoms with Crippen LogP contribution in [0, 0.1) is 19.8 Å². The molecule has 220 valence electrons. The molecule has 2 aliphatic heterocycles. The van der Waals surface area contributed by atoms with E-state index in [4.69, 9.17) is 23.7 Å². The van der Waals surface area contributed by atoms with Crippen LogP contribution in [-0.4, -0.2) is 55.1 Å². The number of aliphatic carboxylic acids is 1. The molecule has 3 fully saturated rings. The molecule has 7 nitrogen and oxygen atoms in total. The number of carboxylic acids is 1. The normalized spacial score (nSPS) is 30.5. The summed E-state index contributed by atoms with van der Waals surface area (Å²) in [6.45, 7) is 5.62. The highest BCUT2D eigenvalue weighted by molar-refractivity contribution is 7.19. The van der Waals surface area contributed by atoms with E-state index in [0.717, 1.165) is 40.2 Å². The number of hydrogen-bond acceptors (Lipinski definition) is 6. The van der Waals surface area contributed by atoms with E-state index in [2.05, 4.69) is 71.6 Å². The Hall–Kier alpha value is -2.96. The molecule has 4 aliphatic rings. The van der Waals surface area contributed by atoms with Gasteiger partial charge in [0, 0.05) is 7.11 Å². The molecule has 4 unspecified atom stereocenters. The zero-order chi connectivity index (χ0) is 29.2. The van der Waals surface area contributed by atoms with Crippen LogP contribution in [0.15, 0.2) is 54.6 Å². The molecule has 0 bridgehead atoms. The second kappa shape index (κ2) is 10.6. The lowest BCUT2D eigenvalue weighted by Crippen LogP contribution is -2.44. The predicted molar refractivity (Wildman–Crippen MR) is 161 cm³/mol. The first kappa shape index (κ1) is 27.8. The number of ether oxygens (including phenoxy) is 5. The molecule has 3 aromatic carbocycles. The van der Waals surface area contributed by atoms with Crippen LogP contribution in [0.3, 0.4) is 0 Å². The van der Waals surface area contributed by atoms with Gasteiger partial charge in [-0.15, -0.1) is 0 Å². The van der Waals surface area contributed by atoms with E-state index < -0.39 is 11.3 Å². The van der Waals surface area contributed by atoms with Crippen LogP contribution in [0.4, 0.5) is 0 Å². The Labute approximate surface area is 248 Å². The lowest BCUT2D eigenvalue weighted by atomic mass is 9.93. The van der Waals surface area contributed by atoms with E-state index >= 15 is 0 Å². The molecule has 2 heterocycles. The molecule has 3 aromatic rings. The number of hydrogen-bond donors (Lipinski definition) is 1. The predicted octanol–water partition coefficient (Wildman–Crippen LogP) is 5.99. The SMILES string of the molecule is CO[C@@H]1CO[C@@]2(P)[C@@H](Oc3cc(C)c(-c4cccc(COc5ccc6c(c5)C5CC5C6CC(=O)O)c4)c(C)c3)CO[C@@H]12. The largest absolute Gasteiger partial charge is 0.489 e. The first-order chi connectivity index (χ1) is 20.2. The first-order valence-corrected chi connectivity index (χ1v) is 15.3. The third-order valence-corrected chi connectivity index (χ3v) is 10.4. The molecule has 0 aromatic heterocycles.